The molecule has 4 amide bonds. The van der Waals surface area contributed by atoms with E-state index in [0.717, 1.165) is 17.5 Å². The van der Waals surface area contributed by atoms with Crippen molar-refractivity contribution in [2.24, 2.45) is 0 Å². The maximum absolute atomic E-state index is 13.4. The SMILES string of the molecule is CC(=O)Nc1ccc(O)cc1.CC(=O)Nc1ccc(OC(=O)Cl)cc1.CC[C@@](COC(=O)c1cc(OC)c(OC)c(OC)c1)(c1ccccc1)N(C)C(=O)Oc1ccc(NC(C)=O)cc1.CC[C@](COC(=O)c1cc(OC)c(OC)c(OC)c1)(NC)c1ccccc1. The molecular weight excluding hydrogens is 1210 g/mol. The Labute approximate surface area is 540 Å². The van der Waals surface area contributed by atoms with Crippen LogP contribution in [0.25, 0.3) is 0 Å². The van der Waals surface area contributed by atoms with Gasteiger partial charge in [-0.3, -0.25) is 19.3 Å². The van der Waals surface area contributed by atoms with Crippen molar-refractivity contribution in [3.8, 4) is 51.7 Å². The molecule has 7 aromatic rings. The number of hydrogen-bond acceptors (Lipinski definition) is 19. The number of phenolic OH excluding ortho intramolecular Hbond substituents is 1. The molecule has 24 heteroatoms. The number of anilines is 3. The van der Waals surface area contributed by atoms with Crippen LogP contribution in [0, 0.1) is 0 Å². The first-order valence-electron chi connectivity index (χ1n) is 28.4. The van der Waals surface area contributed by atoms with Gasteiger partial charge in [0.05, 0.1) is 59.3 Å². The molecule has 7 aromatic carbocycles. The van der Waals surface area contributed by atoms with E-state index < -0.39 is 34.5 Å². The lowest BCUT2D eigenvalue weighted by molar-refractivity contribution is -0.115. The summed E-state index contributed by atoms with van der Waals surface area (Å²) in [5.74, 6) is 1.44. The van der Waals surface area contributed by atoms with E-state index >= 15 is 0 Å². The zero-order valence-electron chi connectivity index (χ0n) is 53.6. The van der Waals surface area contributed by atoms with E-state index in [9.17, 15) is 33.6 Å². The van der Waals surface area contributed by atoms with Crippen molar-refractivity contribution < 1.29 is 86.0 Å². The van der Waals surface area contributed by atoms with Gasteiger partial charge in [-0.05, 0) is 128 Å². The number of aromatic hydroxyl groups is 1. The number of rotatable bonds is 23. The van der Waals surface area contributed by atoms with Crippen LogP contribution in [0.4, 0.5) is 26.7 Å². The Morgan fingerprint density at radius 3 is 1.16 bits per heavy atom. The highest BCUT2D eigenvalue weighted by molar-refractivity contribution is 6.61. The van der Waals surface area contributed by atoms with Gasteiger partial charge in [0.25, 0.3) is 0 Å². The summed E-state index contributed by atoms with van der Waals surface area (Å²) in [6.45, 7) is 8.24. The predicted octanol–water partition coefficient (Wildman–Crippen LogP) is 12.4. The minimum absolute atomic E-state index is 0.115. The number of nitrogens with one attached hydrogen (secondary N) is 4. The molecule has 0 aliphatic rings. The monoisotopic (exact) mass is 1290 g/mol. The van der Waals surface area contributed by atoms with Crippen molar-refractivity contribution >= 4 is 69.8 Å². The third-order valence-corrected chi connectivity index (χ3v) is 13.9. The summed E-state index contributed by atoms with van der Waals surface area (Å²) in [6.07, 6.45) is 0.518. The summed E-state index contributed by atoms with van der Waals surface area (Å²) < 4.78 is 53.6. The average Bonchev–Trinajstić information content (AvgIpc) is 0.807. The highest BCUT2D eigenvalue weighted by atomic mass is 35.5. The fourth-order valence-electron chi connectivity index (χ4n) is 8.95. The summed E-state index contributed by atoms with van der Waals surface area (Å²) in [5.41, 5.74) is 1.84. The smallest absolute Gasteiger partial charge is 0.415 e. The van der Waals surface area contributed by atoms with Crippen molar-refractivity contribution in [3.05, 3.63) is 180 Å². The molecule has 2 atom stereocenters. The molecule has 0 heterocycles. The molecule has 0 unspecified atom stereocenters. The van der Waals surface area contributed by atoms with Gasteiger partial charge >= 0.3 is 23.5 Å². The number of carbonyl (C=O) groups is 7. The van der Waals surface area contributed by atoms with E-state index in [0.29, 0.717) is 75.0 Å². The lowest BCUT2D eigenvalue weighted by Crippen LogP contribution is -2.51. The Morgan fingerprint density at radius 1 is 0.478 bits per heavy atom. The molecule has 7 rings (SSSR count). The van der Waals surface area contributed by atoms with Crippen LogP contribution in [0.15, 0.2) is 158 Å². The van der Waals surface area contributed by atoms with Crippen molar-refractivity contribution in [1.82, 2.24) is 10.2 Å². The van der Waals surface area contributed by atoms with Crippen LogP contribution in [0.5, 0.6) is 51.7 Å². The van der Waals surface area contributed by atoms with Crippen LogP contribution in [0.1, 0.15) is 79.3 Å². The number of carbonyl (C=O) groups excluding carboxylic acids is 7. The van der Waals surface area contributed by atoms with Crippen LogP contribution in [0.3, 0.4) is 0 Å². The molecule has 0 radical (unpaired) electrons. The molecule has 0 aliphatic carbocycles. The van der Waals surface area contributed by atoms with Crippen molar-refractivity contribution in [2.45, 2.75) is 58.5 Å². The van der Waals surface area contributed by atoms with Gasteiger partial charge in [0.2, 0.25) is 29.2 Å². The van der Waals surface area contributed by atoms with E-state index in [1.54, 1.807) is 67.7 Å². The van der Waals surface area contributed by atoms with Gasteiger partial charge in [0.15, 0.2) is 23.0 Å². The Hall–Kier alpha value is -10.5. The highest BCUT2D eigenvalue weighted by Crippen LogP contribution is 2.41. The van der Waals surface area contributed by atoms with Gasteiger partial charge in [-0.15, -0.1) is 0 Å². The van der Waals surface area contributed by atoms with E-state index in [1.807, 2.05) is 74.6 Å². The topological polar surface area (TPSA) is 283 Å². The molecule has 0 fully saturated rings. The molecule has 0 spiro atoms. The van der Waals surface area contributed by atoms with E-state index in [2.05, 4.69) is 32.9 Å². The van der Waals surface area contributed by atoms with Crippen LogP contribution < -0.4 is 59.2 Å². The third kappa shape index (κ3) is 21.6. The van der Waals surface area contributed by atoms with Crippen molar-refractivity contribution in [3.63, 3.8) is 0 Å². The summed E-state index contributed by atoms with van der Waals surface area (Å²) >= 11 is 5.01. The Kier molecular flexibility index (Phi) is 29.6. The summed E-state index contributed by atoms with van der Waals surface area (Å²) in [6, 6.07) is 44.4. The number of esters is 2. The standard InChI is InChI=1S/C30H34N2O8.C21H27NO5.C9H8ClNO3.C8H9NO2/c1-7-30(22-11-9-8-10-12-22,32(3)29(35)40-24-15-13-23(14-16-24)31-20(2)33)19-39-28(34)21-17-25(36-4)27(38-6)26(18-21)37-5;1-6-21(22-2,16-10-8-7-9-11-16)14-27-20(23)15-12-17(24-3)19(26-5)18(13-15)25-4;1-6(12)11-7-2-4-8(5-3-7)14-9(10)13;1-6(10)9-7-2-4-8(11)5-3-7/h8-18H,7,19H2,1-6H3,(H,31,33);7-13,22H,6,14H2,1-5H3;2-5H,1H3,(H,11,12);2-5,11H,1H3,(H,9,10)/t30-;21-;;/m11../s1. The summed E-state index contributed by atoms with van der Waals surface area (Å²) in [7, 11) is 12.4. The van der Waals surface area contributed by atoms with Gasteiger partial charge in [-0.25, -0.2) is 19.2 Å². The number of ether oxygens (including phenoxy) is 10. The second-order valence-corrected chi connectivity index (χ2v) is 20.0. The van der Waals surface area contributed by atoms with Crippen molar-refractivity contribution in [2.75, 3.05) is 85.9 Å². The second-order valence-electron chi connectivity index (χ2n) is 19.7. The lowest BCUT2D eigenvalue weighted by atomic mass is 9.86. The first-order valence-corrected chi connectivity index (χ1v) is 28.8. The average molecular weight is 1290 g/mol. The molecule has 0 saturated carbocycles. The molecule has 92 heavy (non-hydrogen) atoms. The molecule has 0 bridgehead atoms. The largest absolute Gasteiger partial charge is 0.508 e. The third-order valence-electron chi connectivity index (χ3n) is 13.9. The fraction of sp³-hybridized carbons (Fsp3) is 0.279. The van der Waals surface area contributed by atoms with Gasteiger partial charge in [-0.1, -0.05) is 74.5 Å². The first kappa shape index (κ1) is 73.9. The normalized spacial score (nSPS) is 11.5. The highest BCUT2D eigenvalue weighted by Gasteiger charge is 2.41. The van der Waals surface area contributed by atoms with Gasteiger partial charge in [0, 0.05) is 56.5 Å². The van der Waals surface area contributed by atoms with E-state index in [1.165, 1.54) is 105 Å². The van der Waals surface area contributed by atoms with Crippen LogP contribution >= 0.6 is 11.6 Å². The van der Waals surface area contributed by atoms with Crippen LogP contribution in [-0.4, -0.2) is 121 Å². The maximum Gasteiger partial charge on any atom is 0.415 e. The molecule has 0 aliphatic heterocycles. The number of phenols is 1. The van der Waals surface area contributed by atoms with Gasteiger partial charge < -0.3 is 73.7 Å². The molecule has 0 aromatic heterocycles. The number of halogens is 1. The fourth-order valence-corrected chi connectivity index (χ4v) is 9.04. The van der Waals surface area contributed by atoms with E-state index in [-0.39, 0.29) is 42.2 Å². The molecule has 23 nitrogen and oxygen atoms in total. The van der Waals surface area contributed by atoms with Crippen LogP contribution in [0.2, 0.25) is 0 Å². The molecule has 5 N–H and O–H groups in total. The number of benzene rings is 7. The number of amides is 4. The second kappa shape index (κ2) is 36.8. The Bertz CT molecular complexity index is 3450. The minimum atomic E-state index is -1.05. The van der Waals surface area contributed by atoms with Crippen LogP contribution in [-0.2, 0) is 34.9 Å². The Balaban J connectivity index is 0.000000295. The quantitative estimate of drug-likeness (QED) is 0.0226. The maximum atomic E-state index is 13.4. The van der Waals surface area contributed by atoms with Crippen molar-refractivity contribution in [1.29, 1.82) is 0 Å². The minimum Gasteiger partial charge on any atom is -0.508 e. The number of nitrogens with zero attached hydrogens (tertiary/aromatic N) is 1. The molecule has 490 valence electrons. The Morgan fingerprint density at radius 2 is 0.837 bits per heavy atom. The summed E-state index contributed by atoms with van der Waals surface area (Å²) in [4.78, 5) is 83.5. The number of likely N-dealkylation sites (N-methyl/N-ethyl adjacent to an activating group) is 2. The zero-order chi connectivity index (χ0) is 68.0. The first-order chi connectivity index (χ1) is 44.0. The van der Waals surface area contributed by atoms with Gasteiger partial charge in [-0.2, -0.15) is 0 Å². The number of methoxy groups -OCH3 is 6. The zero-order valence-corrected chi connectivity index (χ0v) is 54.3. The lowest BCUT2D eigenvalue weighted by Gasteiger charge is -2.40. The van der Waals surface area contributed by atoms with Gasteiger partial charge in [0.1, 0.15) is 36.0 Å². The molecular formula is C68H78ClN5O18. The summed E-state index contributed by atoms with van der Waals surface area (Å²) in [5, 5.41) is 20.0. The predicted molar refractivity (Wildman–Crippen MR) is 348 cm³/mol. The number of hydrogen-bond donors (Lipinski definition) is 5. The van der Waals surface area contributed by atoms with E-state index in [4.69, 9.17) is 59.3 Å². The molecule has 0 saturated heterocycles.